The van der Waals surface area contributed by atoms with Gasteiger partial charge < -0.3 is 0 Å². The molecule has 0 aromatic heterocycles. The average Bonchev–Trinajstić information content (AvgIpc) is 1.63. The molecule has 7 heavy (non-hydrogen) atoms. The number of nitrogens with one attached hydrogen (secondary N) is 1. The molecule has 0 saturated carbocycles. The van der Waals surface area contributed by atoms with E-state index >= 15 is 0 Å². The molecule has 0 bridgehead atoms. The van der Waals surface area contributed by atoms with Gasteiger partial charge in [-0.3, -0.25) is 0 Å². The van der Waals surface area contributed by atoms with Crippen molar-refractivity contribution >= 4 is 10.0 Å². The highest BCUT2D eigenvalue weighted by molar-refractivity contribution is 7.97. The van der Waals surface area contributed by atoms with E-state index in [9.17, 15) is 8.42 Å². The Labute approximate surface area is 42.8 Å². The molecule has 1 aliphatic heterocycles. The SMILES string of the molecule is CC1(C)NS1(=O)=O. The Morgan fingerprint density at radius 2 is 1.57 bits per heavy atom. The lowest BCUT2D eigenvalue weighted by molar-refractivity contribution is 0.607. The van der Waals surface area contributed by atoms with Crippen molar-refractivity contribution in [1.82, 2.24) is 4.72 Å². The lowest BCUT2D eigenvalue weighted by Gasteiger charge is -1.80. The fourth-order valence-corrected chi connectivity index (χ4v) is 1.11. The van der Waals surface area contributed by atoms with Crippen molar-refractivity contribution in [2.45, 2.75) is 18.7 Å². The minimum absolute atomic E-state index is 0.632. The molecule has 0 amide bonds. The van der Waals surface area contributed by atoms with Gasteiger partial charge in [0.05, 0.1) is 0 Å². The van der Waals surface area contributed by atoms with E-state index in [1.807, 2.05) is 0 Å². The maximum Gasteiger partial charge on any atom is 0.232 e. The molecule has 0 aliphatic carbocycles. The lowest BCUT2D eigenvalue weighted by atomic mass is 10.4. The third-order valence-corrected chi connectivity index (χ3v) is 3.03. The van der Waals surface area contributed by atoms with Crippen LogP contribution in [-0.2, 0) is 10.0 Å². The van der Waals surface area contributed by atoms with Crippen molar-refractivity contribution in [3.63, 3.8) is 0 Å². The molecule has 0 aromatic carbocycles. The molecule has 4 heteroatoms. The highest BCUT2D eigenvalue weighted by Gasteiger charge is 2.52. The molecule has 1 fully saturated rings. The molecule has 1 aliphatic rings. The third kappa shape index (κ3) is 0.542. The van der Waals surface area contributed by atoms with Gasteiger partial charge >= 0.3 is 0 Å². The highest BCUT2D eigenvalue weighted by Crippen LogP contribution is 2.25. The summed E-state index contributed by atoms with van der Waals surface area (Å²) in [6.07, 6.45) is 0. The Morgan fingerprint density at radius 1 is 1.43 bits per heavy atom. The summed E-state index contributed by atoms with van der Waals surface area (Å²) in [5.74, 6) is 0. The first kappa shape index (κ1) is 5.05. The number of rotatable bonds is 0. The van der Waals surface area contributed by atoms with Crippen molar-refractivity contribution < 1.29 is 8.42 Å². The monoisotopic (exact) mass is 121 g/mol. The molecule has 42 valence electrons. The van der Waals surface area contributed by atoms with Gasteiger partial charge in [0.1, 0.15) is 4.87 Å². The van der Waals surface area contributed by atoms with Gasteiger partial charge in [-0.25, -0.2) is 8.42 Å². The summed E-state index contributed by atoms with van der Waals surface area (Å²) in [5.41, 5.74) is 0. The van der Waals surface area contributed by atoms with Gasteiger partial charge in [0.15, 0.2) is 0 Å². The van der Waals surface area contributed by atoms with Crippen LogP contribution in [0.15, 0.2) is 0 Å². The zero-order chi connectivity index (χ0) is 5.71. The van der Waals surface area contributed by atoms with Crippen molar-refractivity contribution in [1.29, 1.82) is 0 Å². The van der Waals surface area contributed by atoms with E-state index in [1.54, 1.807) is 13.8 Å². The Hall–Kier alpha value is -0.0900. The zero-order valence-electron chi connectivity index (χ0n) is 4.22. The predicted octanol–water partition coefficient (Wildman–Crippen LogP) is -0.344. The first-order valence-electron chi connectivity index (χ1n) is 1.99. The van der Waals surface area contributed by atoms with E-state index in [0.717, 1.165) is 0 Å². The van der Waals surface area contributed by atoms with E-state index in [-0.39, 0.29) is 0 Å². The normalized spacial score (nSPS) is 32.3. The Balaban J connectivity index is 3.00. The van der Waals surface area contributed by atoms with E-state index in [4.69, 9.17) is 0 Å². The Kier molecular flexibility index (Phi) is 0.617. The second kappa shape index (κ2) is 0.855. The molecule has 3 nitrogen and oxygen atoms in total. The summed E-state index contributed by atoms with van der Waals surface area (Å²) in [7, 11) is -2.84. The van der Waals surface area contributed by atoms with E-state index < -0.39 is 14.9 Å². The topological polar surface area (TPSA) is 56.1 Å². The second-order valence-corrected chi connectivity index (χ2v) is 4.35. The van der Waals surface area contributed by atoms with Crippen LogP contribution in [0.1, 0.15) is 13.8 Å². The smallest absolute Gasteiger partial charge is 0.210 e. The summed E-state index contributed by atoms with van der Waals surface area (Å²) in [5, 5.41) is 0. The van der Waals surface area contributed by atoms with Gasteiger partial charge in [-0.15, -0.1) is 0 Å². The van der Waals surface area contributed by atoms with Crippen LogP contribution < -0.4 is 4.72 Å². The molecule has 1 saturated heterocycles. The third-order valence-electron chi connectivity index (χ3n) is 1.01. The molecule has 0 atom stereocenters. The van der Waals surface area contributed by atoms with Gasteiger partial charge in [0, 0.05) is 0 Å². The molecular weight excluding hydrogens is 114 g/mol. The lowest BCUT2D eigenvalue weighted by Crippen LogP contribution is -2.00. The number of sulfonamides is 1. The molecule has 0 radical (unpaired) electrons. The van der Waals surface area contributed by atoms with Gasteiger partial charge in [-0.1, -0.05) is 0 Å². The molecule has 1 N–H and O–H groups in total. The minimum atomic E-state index is -2.84. The maximum absolute atomic E-state index is 10.3. The van der Waals surface area contributed by atoms with Gasteiger partial charge in [0.2, 0.25) is 10.0 Å². The molecule has 1 rings (SSSR count). The van der Waals surface area contributed by atoms with Crippen LogP contribution in [0.5, 0.6) is 0 Å². The summed E-state index contributed by atoms with van der Waals surface area (Å²) >= 11 is 0. The summed E-state index contributed by atoms with van der Waals surface area (Å²) in [6, 6.07) is 0. The second-order valence-electron chi connectivity index (χ2n) is 2.12. The van der Waals surface area contributed by atoms with Crippen molar-refractivity contribution in [2.24, 2.45) is 0 Å². The van der Waals surface area contributed by atoms with Crippen molar-refractivity contribution in [3.8, 4) is 0 Å². The van der Waals surface area contributed by atoms with Crippen LogP contribution in [0.2, 0.25) is 0 Å². The fourth-order valence-electron chi connectivity index (χ4n) is 0.303. The highest BCUT2D eigenvalue weighted by atomic mass is 32.2. The van der Waals surface area contributed by atoms with E-state index in [0.29, 0.717) is 0 Å². The van der Waals surface area contributed by atoms with Crippen LogP contribution in [0.3, 0.4) is 0 Å². The number of hydrogen-bond donors (Lipinski definition) is 1. The minimum Gasteiger partial charge on any atom is -0.210 e. The largest absolute Gasteiger partial charge is 0.232 e. The molecule has 0 aromatic rings. The van der Waals surface area contributed by atoms with Crippen molar-refractivity contribution in [3.05, 3.63) is 0 Å². The van der Waals surface area contributed by atoms with Gasteiger partial charge in [-0.05, 0) is 13.8 Å². The summed E-state index contributed by atoms with van der Waals surface area (Å²) < 4.78 is 22.9. The molecular formula is C3H7NO2S. The first-order valence-corrected chi connectivity index (χ1v) is 3.47. The van der Waals surface area contributed by atoms with Crippen LogP contribution >= 0.6 is 0 Å². The molecule has 1 heterocycles. The fraction of sp³-hybridized carbons (Fsp3) is 1.00. The predicted molar refractivity (Wildman–Crippen MR) is 26.1 cm³/mol. The standard InChI is InChI=1S/C3H7NO2S/c1-3(2)4-7(3,5)6/h4H,1-2H3. The van der Waals surface area contributed by atoms with Crippen LogP contribution in [0.25, 0.3) is 0 Å². The maximum atomic E-state index is 10.3. The Morgan fingerprint density at radius 3 is 1.57 bits per heavy atom. The molecule has 0 unspecified atom stereocenters. The Bertz CT molecular complexity index is 179. The first-order chi connectivity index (χ1) is 2.96. The molecule has 0 spiro atoms. The summed E-state index contributed by atoms with van der Waals surface area (Å²) in [6.45, 7) is 3.25. The van der Waals surface area contributed by atoms with E-state index in [1.165, 1.54) is 0 Å². The van der Waals surface area contributed by atoms with Crippen molar-refractivity contribution in [2.75, 3.05) is 0 Å². The van der Waals surface area contributed by atoms with Gasteiger partial charge in [0.25, 0.3) is 0 Å². The quantitative estimate of drug-likeness (QED) is 0.445. The van der Waals surface area contributed by atoms with E-state index in [2.05, 4.69) is 4.72 Å². The van der Waals surface area contributed by atoms with Crippen LogP contribution in [0.4, 0.5) is 0 Å². The zero-order valence-corrected chi connectivity index (χ0v) is 5.04. The van der Waals surface area contributed by atoms with Gasteiger partial charge in [-0.2, -0.15) is 4.72 Å². The van der Waals surface area contributed by atoms with Crippen LogP contribution in [0, 0.1) is 0 Å². The average molecular weight is 121 g/mol. The van der Waals surface area contributed by atoms with Crippen LogP contribution in [-0.4, -0.2) is 13.3 Å². The number of hydrogen-bond acceptors (Lipinski definition) is 2. The summed E-state index contributed by atoms with van der Waals surface area (Å²) in [4.78, 5) is -0.632.